The number of para-hydroxylation sites is 1. The first-order valence-corrected chi connectivity index (χ1v) is 12.4. The molecule has 8 heteroatoms. The van der Waals surface area contributed by atoms with Gasteiger partial charge in [-0.25, -0.2) is 17.4 Å². The van der Waals surface area contributed by atoms with Crippen LogP contribution in [0.25, 0.3) is 10.9 Å². The molecule has 0 aliphatic carbocycles. The van der Waals surface area contributed by atoms with Crippen molar-refractivity contribution >= 4 is 43.8 Å². The third-order valence-corrected chi connectivity index (χ3v) is 7.61. The van der Waals surface area contributed by atoms with E-state index in [2.05, 4.69) is 11.9 Å². The van der Waals surface area contributed by atoms with Crippen LogP contribution in [0.15, 0.2) is 76.8 Å². The Kier molecular flexibility index (Phi) is 5.31. The van der Waals surface area contributed by atoms with Crippen LogP contribution in [-0.4, -0.2) is 29.7 Å². The Labute approximate surface area is 186 Å². The van der Waals surface area contributed by atoms with E-state index in [1.165, 1.54) is 21.9 Å². The number of hydrogen-bond donors (Lipinski definition) is 1. The molecule has 1 aliphatic rings. The van der Waals surface area contributed by atoms with Crippen molar-refractivity contribution in [3.05, 3.63) is 78.0 Å². The highest BCUT2D eigenvalue weighted by atomic mass is 32.2. The predicted octanol–water partition coefficient (Wildman–Crippen LogP) is 4.20. The van der Waals surface area contributed by atoms with Gasteiger partial charge >= 0.3 is 0 Å². The lowest BCUT2D eigenvalue weighted by atomic mass is 9.84. The van der Waals surface area contributed by atoms with Gasteiger partial charge in [-0.1, -0.05) is 53.2 Å². The summed E-state index contributed by atoms with van der Waals surface area (Å²) in [5.41, 5.74) is 1.53. The Morgan fingerprint density at radius 2 is 1.87 bits per heavy atom. The minimum atomic E-state index is -3.87. The number of rotatable bonds is 5. The number of amides is 1. The van der Waals surface area contributed by atoms with Gasteiger partial charge in [0.1, 0.15) is 0 Å². The Morgan fingerprint density at radius 3 is 2.48 bits per heavy atom. The minimum Gasteiger partial charge on any atom is -0.303 e. The van der Waals surface area contributed by atoms with Crippen LogP contribution in [0.5, 0.6) is 0 Å². The van der Waals surface area contributed by atoms with Gasteiger partial charge in [-0.3, -0.25) is 4.79 Å². The van der Waals surface area contributed by atoms with E-state index in [1.807, 2.05) is 32.2 Å². The number of aryl methyl sites for hydroxylation is 1. The number of aromatic nitrogens is 1. The summed E-state index contributed by atoms with van der Waals surface area (Å²) in [4.78, 5) is 18.1. The average molecular weight is 454 g/mol. The van der Waals surface area contributed by atoms with Gasteiger partial charge in [0.15, 0.2) is 10.7 Å². The summed E-state index contributed by atoms with van der Waals surface area (Å²) in [6.45, 7) is 7.73. The first kappa shape index (κ1) is 21.4. The number of carbonyl (C=O) groups excluding carboxylic acids is 1. The topological polar surface area (TPSA) is 80.5 Å². The molecule has 3 aromatic rings. The molecule has 0 bridgehead atoms. The standard InChI is InChI=1S/C23H23N3O3S2/c1-15(2)13-23(21(27)24-22(25-23)30-4)19-14-26(20-8-6-5-7-18(19)20)31(28,29)17-11-9-16(3)10-12-17/h5-12,14H,1,13H2,2-4H3,(H,24,25,27). The second-order valence-electron chi connectivity index (χ2n) is 7.74. The Balaban J connectivity index is 2.01. The normalized spacial score (nSPS) is 18.8. The summed E-state index contributed by atoms with van der Waals surface area (Å²) in [5.74, 6) is -0.282. The van der Waals surface area contributed by atoms with Gasteiger partial charge in [-0.15, -0.1) is 6.58 Å². The zero-order valence-corrected chi connectivity index (χ0v) is 19.2. The largest absolute Gasteiger partial charge is 0.303 e. The third kappa shape index (κ3) is 3.49. The summed E-state index contributed by atoms with van der Waals surface area (Å²) in [5, 5.41) is 3.99. The molecule has 31 heavy (non-hydrogen) atoms. The van der Waals surface area contributed by atoms with Crippen LogP contribution < -0.4 is 5.32 Å². The van der Waals surface area contributed by atoms with Gasteiger partial charge in [-0.2, -0.15) is 0 Å². The van der Waals surface area contributed by atoms with Gasteiger partial charge in [0.05, 0.1) is 10.4 Å². The highest BCUT2D eigenvalue weighted by Crippen LogP contribution is 2.42. The Bertz CT molecular complexity index is 1340. The molecule has 1 amide bonds. The lowest BCUT2D eigenvalue weighted by molar-refractivity contribution is -0.124. The predicted molar refractivity (Wildman–Crippen MR) is 126 cm³/mol. The quantitative estimate of drug-likeness (QED) is 0.587. The molecule has 1 aromatic heterocycles. The molecular weight excluding hydrogens is 430 g/mol. The first-order valence-electron chi connectivity index (χ1n) is 9.71. The molecule has 0 spiro atoms. The van der Waals surface area contributed by atoms with Crippen molar-refractivity contribution in [1.82, 2.24) is 9.29 Å². The van der Waals surface area contributed by atoms with Crippen LogP contribution in [0.4, 0.5) is 0 Å². The molecule has 0 radical (unpaired) electrons. The number of nitrogens with one attached hydrogen (secondary N) is 1. The average Bonchev–Trinajstić information content (AvgIpc) is 3.27. The molecule has 2 heterocycles. The summed E-state index contributed by atoms with van der Waals surface area (Å²) in [6.07, 6.45) is 3.65. The van der Waals surface area contributed by atoms with Crippen molar-refractivity contribution in [3.8, 4) is 0 Å². The smallest absolute Gasteiger partial charge is 0.268 e. The number of benzene rings is 2. The van der Waals surface area contributed by atoms with Gasteiger partial charge in [0.2, 0.25) is 0 Å². The highest BCUT2D eigenvalue weighted by molar-refractivity contribution is 8.13. The molecule has 0 saturated heterocycles. The molecule has 0 fully saturated rings. The Morgan fingerprint density at radius 1 is 1.19 bits per heavy atom. The third-order valence-electron chi connectivity index (χ3n) is 5.34. The molecule has 1 N–H and O–H groups in total. The van der Waals surface area contributed by atoms with Crippen molar-refractivity contribution in [1.29, 1.82) is 0 Å². The number of aliphatic imine (C=N–C) groups is 1. The number of amidine groups is 1. The lowest BCUT2D eigenvalue weighted by Gasteiger charge is -2.23. The van der Waals surface area contributed by atoms with E-state index in [0.717, 1.165) is 11.1 Å². The van der Waals surface area contributed by atoms with E-state index in [9.17, 15) is 13.2 Å². The van der Waals surface area contributed by atoms with E-state index in [4.69, 9.17) is 4.99 Å². The molecule has 2 aromatic carbocycles. The van der Waals surface area contributed by atoms with Crippen molar-refractivity contribution in [3.63, 3.8) is 0 Å². The second-order valence-corrected chi connectivity index (χ2v) is 10.4. The fourth-order valence-electron chi connectivity index (χ4n) is 3.89. The fraction of sp³-hybridized carbons (Fsp3) is 0.217. The molecule has 1 unspecified atom stereocenters. The molecule has 160 valence electrons. The minimum absolute atomic E-state index is 0.184. The van der Waals surface area contributed by atoms with E-state index in [1.54, 1.807) is 36.4 Å². The van der Waals surface area contributed by atoms with E-state index < -0.39 is 15.6 Å². The van der Waals surface area contributed by atoms with E-state index in [0.29, 0.717) is 21.6 Å². The van der Waals surface area contributed by atoms with Crippen LogP contribution in [-0.2, 0) is 20.4 Å². The monoisotopic (exact) mass is 453 g/mol. The number of fused-ring (bicyclic) bond motifs is 1. The van der Waals surface area contributed by atoms with Crippen LogP contribution in [0.1, 0.15) is 24.5 Å². The number of nitrogens with zero attached hydrogens (tertiary/aromatic N) is 2. The second kappa shape index (κ2) is 7.69. The van der Waals surface area contributed by atoms with Crippen molar-refractivity contribution < 1.29 is 13.2 Å². The van der Waals surface area contributed by atoms with E-state index >= 15 is 0 Å². The summed E-state index contributed by atoms with van der Waals surface area (Å²) < 4.78 is 28.3. The maximum absolute atomic E-state index is 13.5. The zero-order chi connectivity index (χ0) is 22.4. The van der Waals surface area contributed by atoms with Crippen molar-refractivity contribution in [2.24, 2.45) is 4.99 Å². The van der Waals surface area contributed by atoms with Gasteiger partial charge in [0, 0.05) is 23.6 Å². The summed E-state index contributed by atoms with van der Waals surface area (Å²) in [7, 11) is -3.87. The van der Waals surface area contributed by atoms with E-state index in [-0.39, 0.29) is 17.2 Å². The lowest BCUT2D eigenvalue weighted by Crippen LogP contribution is -2.37. The number of hydrogen-bond acceptors (Lipinski definition) is 5. The molecule has 4 rings (SSSR count). The van der Waals surface area contributed by atoms with Gasteiger partial charge in [-0.05, 0) is 38.3 Å². The fourth-order valence-corrected chi connectivity index (χ4v) is 5.70. The zero-order valence-electron chi connectivity index (χ0n) is 17.5. The van der Waals surface area contributed by atoms with Crippen molar-refractivity contribution in [2.45, 2.75) is 30.7 Å². The maximum Gasteiger partial charge on any atom is 0.268 e. The highest BCUT2D eigenvalue weighted by Gasteiger charge is 2.47. The van der Waals surface area contributed by atoms with Gasteiger partial charge in [0.25, 0.3) is 15.9 Å². The Hall–Kier alpha value is -2.84. The number of thioether (sulfide) groups is 1. The molecule has 1 aliphatic heterocycles. The van der Waals surface area contributed by atoms with Gasteiger partial charge < -0.3 is 5.32 Å². The maximum atomic E-state index is 13.5. The number of carbonyl (C=O) groups is 1. The summed E-state index contributed by atoms with van der Waals surface area (Å²) in [6, 6.07) is 13.9. The first-order chi connectivity index (χ1) is 14.7. The van der Waals surface area contributed by atoms with Crippen LogP contribution in [0, 0.1) is 6.92 Å². The molecular formula is C23H23N3O3S2. The summed E-state index contributed by atoms with van der Waals surface area (Å²) >= 11 is 1.34. The molecule has 0 saturated carbocycles. The van der Waals surface area contributed by atoms with Crippen molar-refractivity contribution in [2.75, 3.05) is 6.26 Å². The van der Waals surface area contributed by atoms with Crippen LogP contribution in [0.2, 0.25) is 0 Å². The molecule has 1 atom stereocenters. The van der Waals surface area contributed by atoms with Crippen LogP contribution in [0.3, 0.4) is 0 Å². The van der Waals surface area contributed by atoms with Crippen LogP contribution >= 0.6 is 11.8 Å². The SMILES string of the molecule is C=C(C)CC1(c2cn(S(=O)(=O)c3ccc(C)cc3)c3ccccc23)N=C(SC)NC1=O. The molecule has 6 nitrogen and oxygen atoms in total.